The molecule has 2 aliphatic heterocycles. The third kappa shape index (κ3) is 11.2. The van der Waals surface area contributed by atoms with Crippen LogP contribution in [0.1, 0.15) is 40.9 Å². The Kier molecular flexibility index (Phi) is 14.2. The third-order valence-corrected chi connectivity index (χ3v) is 8.50. The van der Waals surface area contributed by atoms with Gasteiger partial charge in [0.25, 0.3) is 11.5 Å². The number of fused-ring (bicyclic) bond motifs is 1. The summed E-state index contributed by atoms with van der Waals surface area (Å²) in [5.74, 6) is -1.49. The molecule has 0 bridgehead atoms. The molecule has 16 heteroatoms. The topological polar surface area (TPSA) is 181 Å². The Balaban J connectivity index is 0.954. The van der Waals surface area contributed by atoms with Crippen molar-refractivity contribution < 1.29 is 42.5 Å². The number of aromatic amines is 1. The van der Waals surface area contributed by atoms with Crippen LogP contribution in [0, 0.1) is 5.82 Å². The van der Waals surface area contributed by atoms with Crippen LogP contribution in [0.5, 0.6) is 0 Å². The summed E-state index contributed by atoms with van der Waals surface area (Å²) in [5, 5.41) is 13.1. The van der Waals surface area contributed by atoms with E-state index in [-0.39, 0.29) is 94.5 Å². The Labute approximate surface area is 299 Å². The summed E-state index contributed by atoms with van der Waals surface area (Å²) < 4.78 is 35.9. The molecule has 0 spiro atoms. The number of benzene rings is 2. The summed E-state index contributed by atoms with van der Waals surface area (Å²) in [6, 6.07) is 11.4. The highest BCUT2D eigenvalue weighted by Gasteiger charge is 2.26. The van der Waals surface area contributed by atoms with Crippen LogP contribution < -0.4 is 16.2 Å². The number of ether oxygens (including phenoxy) is 4. The fourth-order valence-electron chi connectivity index (χ4n) is 5.78. The summed E-state index contributed by atoms with van der Waals surface area (Å²) in [5.41, 5.74) is 0.890. The number of piperazine rings is 1. The molecular weight excluding hydrogens is 679 g/mol. The number of hydrogen-bond acceptors (Lipinski definition) is 10. The van der Waals surface area contributed by atoms with Gasteiger partial charge in [0.15, 0.2) is 0 Å². The summed E-state index contributed by atoms with van der Waals surface area (Å²) in [7, 11) is 0. The molecule has 1 saturated heterocycles. The van der Waals surface area contributed by atoms with Crippen molar-refractivity contribution in [2.45, 2.75) is 31.8 Å². The molecule has 0 saturated carbocycles. The highest BCUT2D eigenvalue weighted by atomic mass is 19.1. The number of nitrogens with one attached hydrogen (secondary N) is 3. The smallest absolute Gasteiger partial charge is 0.407 e. The van der Waals surface area contributed by atoms with Gasteiger partial charge in [-0.1, -0.05) is 36.4 Å². The maximum Gasteiger partial charge on any atom is 0.407 e. The first-order valence-corrected chi connectivity index (χ1v) is 17.2. The Morgan fingerprint density at radius 1 is 0.942 bits per heavy atom. The standard InChI is InChI=1S/C36H43FN6O9/c37-30-11-10-25(22-31-27-6-1-2-7-28(27)34(46)41-40-31)21-29(30)35(47)43-16-14-42(15-17-43)33(45)9-3-8-32(44)38-12-13-39-36(48)52-20-19-51-26-5-4-18-49-24-50-23-26/h1-2,4-7,10-11,21,26H,3,8-9,12-20,22-24H2,(H,38,44)(H,39,48)(H,41,46)/b5-4+. The van der Waals surface area contributed by atoms with Gasteiger partial charge in [-0.25, -0.2) is 14.3 Å². The van der Waals surface area contributed by atoms with Crippen LogP contribution in [0.2, 0.25) is 0 Å². The zero-order chi connectivity index (χ0) is 36.7. The fraction of sp³-hybridized carbons (Fsp3) is 0.444. The van der Waals surface area contributed by atoms with Gasteiger partial charge in [0.1, 0.15) is 19.2 Å². The van der Waals surface area contributed by atoms with Crippen molar-refractivity contribution in [2.75, 3.05) is 72.5 Å². The van der Waals surface area contributed by atoms with E-state index < -0.39 is 17.8 Å². The molecule has 2 aliphatic rings. The minimum Gasteiger partial charge on any atom is -0.447 e. The van der Waals surface area contributed by atoms with Crippen molar-refractivity contribution >= 4 is 34.6 Å². The normalized spacial score (nSPS) is 16.8. The van der Waals surface area contributed by atoms with E-state index in [0.717, 1.165) is 0 Å². The van der Waals surface area contributed by atoms with E-state index in [9.17, 15) is 28.4 Å². The fourth-order valence-corrected chi connectivity index (χ4v) is 5.78. The lowest BCUT2D eigenvalue weighted by Gasteiger charge is -2.35. The van der Waals surface area contributed by atoms with Crippen molar-refractivity contribution in [1.82, 2.24) is 30.6 Å². The highest BCUT2D eigenvalue weighted by molar-refractivity contribution is 5.95. The number of hydrogen-bond donors (Lipinski definition) is 3. The van der Waals surface area contributed by atoms with Crippen LogP contribution >= 0.6 is 0 Å². The second kappa shape index (κ2) is 19.4. The van der Waals surface area contributed by atoms with Gasteiger partial charge in [-0.3, -0.25) is 19.2 Å². The van der Waals surface area contributed by atoms with Crippen LogP contribution in [0.3, 0.4) is 0 Å². The van der Waals surface area contributed by atoms with Crippen molar-refractivity contribution in [1.29, 1.82) is 0 Å². The minimum atomic E-state index is -0.646. The van der Waals surface area contributed by atoms with Gasteiger partial charge < -0.3 is 39.4 Å². The number of carbonyl (C=O) groups excluding carboxylic acids is 4. The van der Waals surface area contributed by atoms with E-state index in [2.05, 4.69) is 20.8 Å². The predicted molar refractivity (Wildman–Crippen MR) is 186 cm³/mol. The molecular formula is C36H43FN6O9. The average Bonchev–Trinajstić information content (AvgIpc) is 3.14. The molecule has 0 radical (unpaired) electrons. The SMILES string of the molecule is O=C(CCCC(=O)N1CCN(C(=O)c2cc(Cc3n[nH]c(=O)c4ccccc34)ccc2F)CC1)NCCNC(=O)OCCOC1/C=C/COCOC1. The average molecular weight is 723 g/mol. The van der Waals surface area contributed by atoms with E-state index in [0.29, 0.717) is 54.8 Å². The Bertz CT molecular complexity index is 1790. The van der Waals surface area contributed by atoms with Crippen molar-refractivity contribution in [3.05, 3.63) is 87.6 Å². The highest BCUT2D eigenvalue weighted by Crippen LogP contribution is 2.20. The quantitative estimate of drug-likeness (QED) is 0.164. The van der Waals surface area contributed by atoms with Crippen molar-refractivity contribution in [3.63, 3.8) is 0 Å². The second-order valence-corrected chi connectivity index (χ2v) is 12.2. The van der Waals surface area contributed by atoms with E-state index >= 15 is 0 Å². The van der Waals surface area contributed by atoms with Crippen LogP contribution in [0.4, 0.5) is 9.18 Å². The number of carbonyl (C=O) groups is 4. The molecule has 278 valence electrons. The summed E-state index contributed by atoms with van der Waals surface area (Å²) in [4.78, 5) is 65.5. The molecule has 3 heterocycles. The van der Waals surface area contributed by atoms with Crippen molar-refractivity contribution in [2.24, 2.45) is 0 Å². The van der Waals surface area contributed by atoms with Crippen LogP contribution in [-0.4, -0.2) is 122 Å². The maximum atomic E-state index is 14.8. The molecule has 1 atom stereocenters. The Hall–Kier alpha value is -5.19. The van der Waals surface area contributed by atoms with Gasteiger partial charge in [-0.2, -0.15) is 5.10 Å². The second-order valence-electron chi connectivity index (χ2n) is 12.2. The maximum absolute atomic E-state index is 14.8. The molecule has 0 aliphatic carbocycles. The molecule has 4 amide bonds. The number of H-pyrrole nitrogens is 1. The van der Waals surface area contributed by atoms with Gasteiger partial charge in [-0.15, -0.1) is 0 Å². The zero-order valence-corrected chi connectivity index (χ0v) is 28.8. The van der Waals surface area contributed by atoms with E-state index in [4.69, 9.17) is 18.9 Å². The van der Waals surface area contributed by atoms with Gasteiger partial charge in [0, 0.05) is 63.9 Å². The van der Waals surface area contributed by atoms with E-state index in [1.54, 1.807) is 29.2 Å². The molecule has 3 aromatic rings. The third-order valence-electron chi connectivity index (χ3n) is 8.50. The molecule has 5 rings (SSSR count). The molecule has 15 nitrogen and oxygen atoms in total. The molecule has 1 unspecified atom stereocenters. The van der Waals surface area contributed by atoms with Crippen molar-refractivity contribution in [3.8, 4) is 0 Å². The molecule has 1 aromatic heterocycles. The van der Waals surface area contributed by atoms with Gasteiger partial charge in [0.2, 0.25) is 11.8 Å². The Morgan fingerprint density at radius 3 is 2.54 bits per heavy atom. The summed E-state index contributed by atoms with van der Waals surface area (Å²) >= 11 is 0. The number of amides is 4. The number of halogens is 1. The lowest BCUT2D eigenvalue weighted by molar-refractivity contribution is -0.132. The first-order valence-electron chi connectivity index (χ1n) is 17.2. The number of alkyl carbamates (subject to hydrolysis) is 1. The monoisotopic (exact) mass is 722 g/mol. The molecule has 52 heavy (non-hydrogen) atoms. The first-order chi connectivity index (χ1) is 25.3. The van der Waals surface area contributed by atoms with E-state index in [1.807, 2.05) is 18.2 Å². The number of rotatable bonds is 14. The molecule has 3 N–H and O–H groups in total. The van der Waals surface area contributed by atoms with Gasteiger partial charge in [0.05, 0.1) is 42.6 Å². The van der Waals surface area contributed by atoms with Crippen LogP contribution in [0.25, 0.3) is 10.8 Å². The van der Waals surface area contributed by atoms with Gasteiger partial charge >= 0.3 is 6.09 Å². The summed E-state index contributed by atoms with van der Waals surface area (Å²) in [6.07, 6.45) is 3.72. The van der Waals surface area contributed by atoms with Crippen LogP contribution in [-0.2, 0) is 35.0 Å². The van der Waals surface area contributed by atoms with E-state index in [1.165, 1.54) is 17.0 Å². The molecule has 2 aromatic carbocycles. The molecule has 1 fully saturated rings. The lowest BCUT2D eigenvalue weighted by atomic mass is 10.0. The number of nitrogens with zero attached hydrogens (tertiary/aromatic N) is 3. The first kappa shape index (κ1) is 38.1. The number of aromatic nitrogens is 2. The van der Waals surface area contributed by atoms with Gasteiger partial charge in [-0.05, 0) is 30.2 Å². The largest absolute Gasteiger partial charge is 0.447 e. The van der Waals surface area contributed by atoms with Crippen LogP contribution in [0.15, 0.2) is 59.4 Å². The minimum absolute atomic E-state index is 0.0571. The summed E-state index contributed by atoms with van der Waals surface area (Å²) in [6.45, 7) is 2.68. The predicted octanol–water partition coefficient (Wildman–Crippen LogP) is 1.90. The lowest BCUT2D eigenvalue weighted by Crippen LogP contribution is -2.50. The zero-order valence-electron chi connectivity index (χ0n) is 28.8. The Morgan fingerprint density at radius 2 is 1.71 bits per heavy atom.